The Balaban J connectivity index is 1.53. The van der Waals surface area contributed by atoms with Gasteiger partial charge in [-0.15, -0.1) is 0 Å². The second-order valence-corrected chi connectivity index (χ2v) is 7.61. The fraction of sp³-hybridized carbons (Fsp3) is 0.947. The molecule has 2 fully saturated rings. The van der Waals surface area contributed by atoms with Crippen molar-refractivity contribution in [2.45, 2.75) is 96.1 Å². The van der Waals surface area contributed by atoms with Gasteiger partial charge in [0.2, 0.25) is 0 Å². The summed E-state index contributed by atoms with van der Waals surface area (Å²) in [5.74, 6) is -0.862. The average Bonchev–Trinajstić information content (AvgIpc) is 3.07. The molecule has 2 aliphatic heterocycles. The summed E-state index contributed by atoms with van der Waals surface area (Å²) < 4.78 is 16.9. The first-order valence-corrected chi connectivity index (χ1v) is 9.65. The molecule has 0 bridgehead atoms. The quantitative estimate of drug-likeness (QED) is 0.459. The highest BCUT2D eigenvalue weighted by atomic mass is 16.7. The van der Waals surface area contributed by atoms with Gasteiger partial charge in [0.25, 0.3) is 0 Å². The Labute approximate surface area is 146 Å². The molecule has 0 aromatic carbocycles. The van der Waals surface area contributed by atoms with Gasteiger partial charge in [-0.1, -0.05) is 38.5 Å². The maximum atomic E-state index is 12.1. The Kier molecular flexibility index (Phi) is 7.98. The molecule has 1 N–H and O–H groups in total. The molecule has 0 aromatic heterocycles. The minimum absolute atomic E-state index is 0.0550. The number of esters is 1. The van der Waals surface area contributed by atoms with Crippen LogP contribution in [0.4, 0.5) is 0 Å². The molecule has 24 heavy (non-hydrogen) atoms. The maximum absolute atomic E-state index is 12.1. The number of rotatable bonds is 11. The van der Waals surface area contributed by atoms with Gasteiger partial charge in [-0.2, -0.15) is 0 Å². The Bertz CT molecular complexity index is 382. The van der Waals surface area contributed by atoms with Crippen molar-refractivity contribution in [2.75, 3.05) is 13.2 Å². The van der Waals surface area contributed by atoms with Crippen LogP contribution in [0.25, 0.3) is 0 Å². The second kappa shape index (κ2) is 9.73. The van der Waals surface area contributed by atoms with Crippen LogP contribution in [0.1, 0.15) is 78.1 Å². The lowest BCUT2D eigenvalue weighted by molar-refractivity contribution is -0.156. The predicted octanol–water partition coefficient (Wildman–Crippen LogP) is 3.57. The molecule has 5 nitrogen and oxygen atoms in total. The largest absolute Gasteiger partial charge is 0.462 e. The van der Waals surface area contributed by atoms with Crippen LogP contribution in [-0.2, 0) is 19.0 Å². The lowest BCUT2D eigenvalue weighted by Crippen LogP contribution is -2.29. The van der Waals surface area contributed by atoms with E-state index in [0.29, 0.717) is 13.2 Å². The van der Waals surface area contributed by atoms with Gasteiger partial charge in [0.15, 0.2) is 5.79 Å². The minimum Gasteiger partial charge on any atom is -0.462 e. The van der Waals surface area contributed by atoms with E-state index in [1.54, 1.807) is 0 Å². The van der Waals surface area contributed by atoms with Gasteiger partial charge in [-0.05, 0) is 33.1 Å². The van der Waals surface area contributed by atoms with E-state index in [1.807, 2.05) is 13.8 Å². The highest BCUT2D eigenvalue weighted by Crippen LogP contribution is 2.34. The number of unbranched alkanes of at least 4 members (excludes halogenated alkanes) is 7. The molecule has 2 saturated heterocycles. The molecular formula is C19H34O5. The Morgan fingerprint density at radius 2 is 1.67 bits per heavy atom. The van der Waals surface area contributed by atoms with Crippen LogP contribution in [0.2, 0.25) is 0 Å². The predicted molar refractivity (Wildman–Crippen MR) is 91.5 cm³/mol. The second-order valence-electron chi connectivity index (χ2n) is 7.61. The van der Waals surface area contributed by atoms with Gasteiger partial charge < -0.3 is 19.3 Å². The summed E-state index contributed by atoms with van der Waals surface area (Å²) in [5, 5.41) is 8.72. The van der Waals surface area contributed by atoms with Crippen molar-refractivity contribution in [3.05, 3.63) is 0 Å². The number of cyclic esters (lactones) is 1. The van der Waals surface area contributed by atoms with Crippen LogP contribution < -0.4 is 0 Å². The maximum Gasteiger partial charge on any atom is 0.312 e. The first-order chi connectivity index (χ1) is 11.5. The van der Waals surface area contributed by atoms with Crippen molar-refractivity contribution in [1.82, 2.24) is 0 Å². The van der Waals surface area contributed by atoms with Crippen LogP contribution in [0.3, 0.4) is 0 Å². The molecular weight excluding hydrogens is 308 g/mol. The van der Waals surface area contributed by atoms with Gasteiger partial charge in [0, 0.05) is 13.0 Å². The fourth-order valence-corrected chi connectivity index (χ4v) is 3.62. The third-order valence-electron chi connectivity index (χ3n) is 5.02. The van der Waals surface area contributed by atoms with Crippen LogP contribution in [0.15, 0.2) is 0 Å². The average molecular weight is 342 g/mol. The summed E-state index contributed by atoms with van der Waals surface area (Å²) in [7, 11) is 0. The highest BCUT2D eigenvalue weighted by molar-refractivity contribution is 5.75. The van der Waals surface area contributed by atoms with Gasteiger partial charge in [-0.25, -0.2) is 0 Å². The molecule has 0 saturated carbocycles. The minimum atomic E-state index is -0.583. The number of hydrogen-bond donors (Lipinski definition) is 1. The van der Waals surface area contributed by atoms with Gasteiger partial charge in [0.1, 0.15) is 6.10 Å². The van der Waals surface area contributed by atoms with E-state index in [-0.39, 0.29) is 24.1 Å². The first-order valence-electron chi connectivity index (χ1n) is 9.65. The molecule has 1 unspecified atom stereocenters. The van der Waals surface area contributed by atoms with Gasteiger partial charge >= 0.3 is 5.97 Å². The van der Waals surface area contributed by atoms with Crippen molar-refractivity contribution in [3.8, 4) is 0 Å². The molecule has 3 atom stereocenters. The molecule has 2 rings (SSSR count). The van der Waals surface area contributed by atoms with Crippen molar-refractivity contribution in [3.63, 3.8) is 0 Å². The molecule has 2 heterocycles. The lowest BCUT2D eigenvalue weighted by Gasteiger charge is -2.18. The smallest absolute Gasteiger partial charge is 0.312 e. The molecule has 0 spiro atoms. The van der Waals surface area contributed by atoms with Crippen LogP contribution >= 0.6 is 0 Å². The van der Waals surface area contributed by atoms with E-state index >= 15 is 0 Å². The topological polar surface area (TPSA) is 65.0 Å². The van der Waals surface area contributed by atoms with Crippen LogP contribution in [-0.4, -0.2) is 42.3 Å². The third-order valence-corrected chi connectivity index (χ3v) is 5.02. The van der Waals surface area contributed by atoms with E-state index in [4.69, 9.17) is 19.3 Å². The standard InChI is InChI=1S/C19H34O5/c1-19(2)22-14-17(24-19)16-13-15(23-18(16)21)11-9-7-5-3-4-6-8-10-12-20/h15-17,20H,3-14H2,1-2H3/t15-,16-,17?/m1/s1. The summed E-state index contributed by atoms with van der Waals surface area (Å²) in [6.07, 6.45) is 11.0. The van der Waals surface area contributed by atoms with Crippen molar-refractivity contribution in [1.29, 1.82) is 0 Å². The molecule has 0 radical (unpaired) electrons. The fourth-order valence-electron chi connectivity index (χ4n) is 3.62. The SMILES string of the molecule is CC1(C)OCC([C@H]2C[C@@H](CCCCCCCCCCO)OC2=O)O1. The Hall–Kier alpha value is -0.650. The summed E-state index contributed by atoms with van der Waals surface area (Å²) in [6.45, 7) is 4.57. The summed E-state index contributed by atoms with van der Waals surface area (Å²) >= 11 is 0. The molecule has 0 aliphatic carbocycles. The van der Waals surface area contributed by atoms with E-state index in [2.05, 4.69) is 0 Å². The van der Waals surface area contributed by atoms with E-state index < -0.39 is 5.79 Å². The Morgan fingerprint density at radius 3 is 2.25 bits per heavy atom. The zero-order chi connectivity index (χ0) is 17.4. The summed E-state index contributed by atoms with van der Waals surface area (Å²) in [4.78, 5) is 12.1. The number of carbonyl (C=O) groups is 1. The van der Waals surface area contributed by atoms with E-state index in [9.17, 15) is 4.79 Å². The number of carbonyl (C=O) groups excluding carboxylic acids is 1. The molecule has 5 heteroatoms. The highest BCUT2D eigenvalue weighted by Gasteiger charge is 2.45. The molecule has 2 aliphatic rings. The summed E-state index contributed by atoms with van der Waals surface area (Å²) in [6, 6.07) is 0. The van der Waals surface area contributed by atoms with Crippen LogP contribution in [0, 0.1) is 5.92 Å². The molecule has 0 amide bonds. The van der Waals surface area contributed by atoms with E-state index in [0.717, 1.165) is 32.1 Å². The van der Waals surface area contributed by atoms with E-state index in [1.165, 1.54) is 32.1 Å². The molecule has 0 aromatic rings. The van der Waals surface area contributed by atoms with Crippen molar-refractivity contribution < 1.29 is 24.1 Å². The summed E-state index contributed by atoms with van der Waals surface area (Å²) in [5.41, 5.74) is 0. The van der Waals surface area contributed by atoms with Crippen molar-refractivity contribution in [2.24, 2.45) is 5.92 Å². The third kappa shape index (κ3) is 6.34. The molecule has 140 valence electrons. The Morgan fingerprint density at radius 1 is 1.04 bits per heavy atom. The number of ether oxygens (including phenoxy) is 3. The zero-order valence-electron chi connectivity index (χ0n) is 15.3. The normalized spacial score (nSPS) is 29.1. The number of hydrogen-bond acceptors (Lipinski definition) is 5. The van der Waals surface area contributed by atoms with Gasteiger partial charge in [-0.3, -0.25) is 4.79 Å². The van der Waals surface area contributed by atoms with Gasteiger partial charge in [0.05, 0.1) is 18.6 Å². The number of aliphatic hydroxyl groups is 1. The monoisotopic (exact) mass is 342 g/mol. The number of aliphatic hydroxyl groups excluding tert-OH is 1. The van der Waals surface area contributed by atoms with Crippen LogP contribution in [0.5, 0.6) is 0 Å². The zero-order valence-corrected chi connectivity index (χ0v) is 15.3. The first kappa shape index (κ1) is 19.7. The van der Waals surface area contributed by atoms with Crippen molar-refractivity contribution >= 4 is 5.97 Å². The lowest BCUT2D eigenvalue weighted by atomic mass is 9.96.